The van der Waals surface area contributed by atoms with Crippen LogP contribution in [0.1, 0.15) is 40.5 Å². The second kappa shape index (κ2) is 5.36. The van der Waals surface area contributed by atoms with E-state index in [4.69, 9.17) is 16.0 Å². The zero-order chi connectivity index (χ0) is 18.7. The first-order valence-corrected chi connectivity index (χ1v) is 8.87. The lowest BCUT2D eigenvalue weighted by molar-refractivity contribution is -0.153. The van der Waals surface area contributed by atoms with E-state index in [1.807, 2.05) is 0 Å². The number of benzene rings is 1. The summed E-state index contributed by atoms with van der Waals surface area (Å²) in [5.74, 6) is 0.209. The number of nitrogens with zero attached hydrogens (tertiary/aromatic N) is 1. The minimum atomic E-state index is -4.98. The smallest absolute Gasteiger partial charge is 0.408 e. The monoisotopic (exact) mass is 383 g/mol. The highest BCUT2D eigenvalue weighted by atomic mass is 35.5. The van der Waals surface area contributed by atoms with Crippen molar-refractivity contribution in [2.75, 3.05) is 0 Å². The van der Waals surface area contributed by atoms with Gasteiger partial charge in [-0.25, -0.2) is 13.4 Å². The number of oxazole rings is 1. The number of hydrogen-bond acceptors (Lipinski definition) is 4. The van der Waals surface area contributed by atoms with E-state index in [-0.39, 0.29) is 22.0 Å². The molecule has 0 saturated heterocycles. The van der Waals surface area contributed by atoms with Crippen LogP contribution in [0.15, 0.2) is 21.4 Å². The fourth-order valence-corrected chi connectivity index (χ4v) is 3.91. The molecular formula is C15H17ClF3NO3S. The highest BCUT2D eigenvalue weighted by molar-refractivity contribution is 7.93. The standard InChI is InChI=1S/C15H17ClF3NO3S/c1-13(2,3)12-20-9-7-6-8(16)11(10(9)23-12)24(21,22)14(4,5)15(17,18)19/h6-7H,1-5H3. The second-order valence-corrected chi connectivity index (χ2v) is 9.85. The number of rotatable bonds is 2. The van der Waals surface area contributed by atoms with Gasteiger partial charge < -0.3 is 4.42 Å². The SMILES string of the molecule is CC(C)(C)c1nc2ccc(Cl)c(S(=O)(=O)C(C)(C)C(F)(F)F)c2o1. The van der Waals surface area contributed by atoms with Gasteiger partial charge in [0.2, 0.25) is 5.89 Å². The van der Waals surface area contributed by atoms with Crippen LogP contribution in [0.3, 0.4) is 0 Å². The van der Waals surface area contributed by atoms with Crippen molar-refractivity contribution in [3.8, 4) is 0 Å². The highest BCUT2D eigenvalue weighted by Gasteiger charge is 2.58. The second-order valence-electron chi connectivity index (χ2n) is 7.01. The van der Waals surface area contributed by atoms with Crippen LogP contribution in [0.5, 0.6) is 0 Å². The molecule has 9 heteroatoms. The molecule has 2 rings (SSSR count). The molecule has 0 fully saturated rings. The number of sulfone groups is 1. The van der Waals surface area contributed by atoms with Crippen molar-refractivity contribution in [1.82, 2.24) is 4.98 Å². The zero-order valence-corrected chi connectivity index (χ0v) is 15.3. The van der Waals surface area contributed by atoms with Gasteiger partial charge in [0, 0.05) is 5.41 Å². The van der Waals surface area contributed by atoms with Gasteiger partial charge in [0.1, 0.15) is 10.4 Å². The predicted octanol–water partition coefficient (Wildman–Crippen LogP) is 4.89. The first-order chi connectivity index (χ1) is 10.6. The van der Waals surface area contributed by atoms with Gasteiger partial charge in [-0.05, 0) is 26.0 Å². The molecular weight excluding hydrogens is 367 g/mol. The summed E-state index contributed by atoms with van der Waals surface area (Å²) < 4.78 is 67.7. The van der Waals surface area contributed by atoms with Crippen LogP contribution in [0.25, 0.3) is 11.1 Å². The van der Waals surface area contributed by atoms with Crippen molar-refractivity contribution < 1.29 is 26.0 Å². The topological polar surface area (TPSA) is 60.2 Å². The summed E-state index contributed by atoms with van der Waals surface area (Å²) in [5.41, 5.74) is -0.669. The van der Waals surface area contributed by atoms with Gasteiger partial charge in [-0.2, -0.15) is 13.2 Å². The van der Waals surface area contributed by atoms with E-state index in [9.17, 15) is 21.6 Å². The van der Waals surface area contributed by atoms with Gasteiger partial charge in [-0.15, -0.1) is 0 Å². The third-order valence-electron chi connectivity index (χ3n) is 3.73. The molecule has 0 saturated carbocycles. The molecule has 1 heterocycles. The number of halogens is 4. The van der Waals surface area contributed by atoms with Crippen LogP contribution >= 0.6 is 11.6 Å². The molecule has 0 aliphatic carbocycles. The Kier molecular flexibility index (Phi) is 4.25. The lowest BCUT2D eigenvalue weighted by Crippen LogP contribution is -2.46. The van der Waals surface area contributed by atoms with Gasteiger partial charge in [0.25, 0.3) is 0 Å². The van der Waals surface area contributed by atoms with E-state index in [1.54, 1.807) is 20.8 Å². The van der Waals surface area contributed by atoms with Crippen molar-refractivity contribution in [1.29, 1.82) is 0 Å². The minimum Gasteiger partial charge on any atom is -0.439 e. The average Bonchev–Trinajstić information content (AvgIpc) is 2.80. The molecule has 0 spiro atoms. The van der Waals surface area contributed by atoms with Gasteiger partial charge in [0.15, 0.2) is 20.2 Å². The summed E-state index contributed by atoms with van der Waals surface area (Å²) in [7, 11) is -4.88. The van der Waals surface area contributed by atoms with E-state index in [0.29, 0.717) is 13.8 Å². The lowest BCUT2D eigenvalue weighted by atomic mass is 9.97. The summed E-state index contributed by atoms with van der Waals surface area (Å²) in [4.78, 5) is 3.48. The number of hydrogen-bond donors (Lipinski definition) is 0. The first kappa shape index (κ1) is 19.1. The van der Waals surface area contributed by atoms with Gasteiger partial charge in [-0.1, -0.05) is 32.4 Å². The molecule has 0 aliphatic heterocycles. The Morgan fingerprint density at radius 1 is 1.08 bits per heavy atom. The number of alkyl halides is 3. The third-order valence-corrected chi connectivity index (χ3v) is 6.67. The maximum absolute atomic E-state index is 13.3. The van der Waals surface area contributed by atoms with Gasteiger partial charge in [0.05, 0.1) is 5.02 Å². The van der Waals surface area contributed by atoms with Crippen molar-refractivity contribution in [3.05, 3.63) is 23.0 Å². The van der Waals surface area contributed by atoms with Crippen LogP contribution in [0.2, 0.25) is 5.02 Å². The van der Waals surface area contributed by atoms with E-state index in [0.717, 1.165) is 0 Å². The quantitative estimate of drug-likeness (QED) is 0.740. The molecule has 0 N–H and O–H groups in total. The molecule has 2 aromatic rings. The van der Waals surface area contributed by atoms with Crippen LogP contribution in [-0.4, -0.2) is 24.3 Å². The zero-order valence-electron chi connectivity index (χ0n) is 13.7. The van der Waals surface area contributed by atoms with Crippen LogP contribution < -0.4 is 0 Å². The molecule has 0 amide bonds. The summed E-state index contributed by atoms with van der Waals surface area (Å²) in [6.07, 6.45) is -4.98. The summed E-state index contributed by atoms with van der Waals surface area (Å²) in [6, 6.07) is 2.62. The van der Waals surface area contributed by atoms with Crippen LogP contribution in [0.4, 0.5) is 13.2 Å². The molecule has 1 aromatic heterocycles. The highest BCUT2D eigenvalue weighted by Crippen LogP contribution is 2.44. The summed E-state index contributed by atoms with van der Waals surface area (Å²) in [5, 5.41) is -0.337. The normalized spacial score (nSPS) is 14.4. The van der Waals surface area contributed by atoms with Crippen LogP contribution in [-0.2, 0) is 15.3 Å². The lowest BCUT2D eigenvalue weighted by Gasteiger charge is -2.27. The largest absolute Gasteiger partial charge is 0.439 e. The molecule has 0 radical (unpaired) electrons. The molecule has 0 bridgehead atoms. The maximum Gasteiger partial charge on any atom is 0.408 e. The van der Waals surface area contributed by atoms with E-state index >= 15 is 0 Å². The Hall–Kier alpha value is -1.28. The maximum atomic E-state index is 13.3. The minimum absolute atomic E-state index is 0.140. The van der Waals surface area contributed by atoms with Crippen molar-refractivity contribution >= 4 is 32.5 Å². The van der Waals surface area contributed by atoms with Gasteiger partial charge in [-0.3, -0.25) is 0 Å². The first-order valence-electron chi connectivity index (χ1n) is 7.01. The molecule has 0 atom stereocenters. The van der Waals surface area contributed by atoms with Crippen LogP contribution in [0, 0.1) is 0 Å². The van der Waals surface area contributed by atoms with E-state index in [2.05, 4.69) is 4.98 Å². The third kappa shape index (κ3) is 2.79. The molecule has 24 heavy (non-hydrogen) atoms. The number of aromatic nitrogens is 1. The van der Waals surface area contributed by atoms with Gasteiger partial charge >= 0.3 is 6.18 Å². The Morgan fingerprint density at radius 3 is 2.08 bits per heavy atom. The van der Waals surface area contributed by atoms with Crippen molar-refractivity contribution in [2.24, 2.45) is 0 Å². The summed E-state index contributed by atoms with van der Waals surface area (Å²) in [6.45, 7) is 6.55. The Balaban J connectivity index is 2.86. The molecule has 134 valence electrons. The molecule has 0 aliphatic rings. The Bertz CT molecular complexity index is 893. The number of fused-ring (bicyclic) bond motifs is 1. The Morgan fingerprint density at radius 2 is 1.62 bits per heavy atom. The predicted molar refractivity (Wildman–Crippen MR) is 85.0 cm³/mol. The molecule has 1 aromatic carbocycles. The van der Waals surface area contributed by atoms with E-state index < -0.39 is 31.1 Å². The fraction of sp³-hybridized carbons (Fsp3) is 0.533. The molecule has 4 nitrogen and oxygen atoms in total. The average molecular weight is 384 g/mol. The Labute approximate surface area is 142 Å². The summed E-state index contributed by atoms with van der Waals surface area (Å²) >= 11 is 5.93. The fourth-order valence-electron chi connectivity index (χ4n) is 1.92. The van der Waals surface area contributed by atoms with Crippen molar-refractivity contribution in [2.45, 2.75) is 55.9 Å². The van der Waals surface area contributed by atoms with Crippen molar-refractivity contribution in [3.63, 3.8) is 0 Å². The molecule has 0 unspecified atom stereocenters. The van der Waals surface area contributed by atoms with E-state index in [1.165, 1.54) is 12.1 Å².